The van der Waals surface area contributed by atoms with E-state index in [0.717, 1.165) is 0 Å². The molecule has 1 aromatic heterocycles. The monoisotopic (exact) mass is 389 g/mol. The van der Waals surface area contributed by atoms with Gasteiger partial charge in [0.1, 0.15) is 12.8 Å². The van der Waals surface area contributed by atoms with Gasteiger partial charge in [-0.05, 0) is 45.3 Å². The van der Waals surface area contributed by atoms with Crippen molar-refractivity contribution in [3.05, 3.63) is 99.2 Å². The molecule has 0 unspecified atom stereocenters. The van der Waals surface area contributed by atoms with Crippen molar-refractivity contribution in [2.45, 2.75) is 13.2 Å². The van der Waals surface area contributed by atoms with E-state index in [1.807, 2.05) is 0 Å². The number of carbonyl (C=O) groups is 2. The molecule has 0 atom stereocenters. The molecule has 8 heteroatoms. The second-order valence-electron chi connectivity index (χ2n) is 6.38. The van der Waals surface area contributed by atoms with Crippen LogP contribution in [-0.2, 0) is 13.2 Å². The predicted molar refractivity (Wildman–Crippen MR) is 102 cm³/mol. The molecule has 1 aliphatic rings. The average molecular weight is 389 g/mol. The molecule has 1 aliphatic heterocycles. The Bertz CT molecular complexity index is 1090. The van der Waals surface area contributed by atoms with Gasteiger partial charge in [-0.1, -0.05) is 36.4 Å². The van der Waals surface area contributed by atoms with Gasteiger partial charge in [-0.25, -0.2) is 0 Å². The molecule has 0 saturated heterocycles. The zero-order valence-electron chi connectivity index (χ0n) is 15.1. The van der Waals surface area contributed by atoms with E-state index in [1.54, 1.807) is 54.6 Å². The summed E-state index contributed by atoms with van der Waals surface area (Å²) in [4.78, 5) is 40.6. The lowest BCUT2D eigenvalue weighted by Crippen LogP contribution is -2.29. The second kappa shape index (κ2) is 7.51. The summed E-state index contributed by atoms with van der Waals surface area (Å²) in [7, 11) is 0. The number of rotatable bonds is 6. The van der Waals surface area contributed by atoms with Crippen LogP contribution in [0.1, 0.15) is 31.8 Å². The van der Waals surface area contributed by atoms with Crippen molar-refractivity contribution < 1.29 is 19.2 Å². The van der Waals surface area contributed by atoms with Crippen molar-refractivity contribution in [1.82, 2.24) is 9.88 Å². The first-order chi connectivity index (χ1) is 14.1. The fourth-order valence-corrected chi connectivity index (χ4v) is 3.19. The molecule has 0 aliphatic carbocycles. The van der Waals surface area contributed by atoms with Crippen molar-refractivity contribution >= 4 is 17.6 Å². The van der Waals surface area contributed by atoms with Crippen molar-refractivity contribution in [2.75, 3.05) is 0 Å². The number of ether oxygens (including phenoxy) is 1. The zero-order valence-corrected chi connectivity index (χ0v) is 15.1. The number of amides is 2. The Kier molecular flexibility index (Phi) is 4.74. The van der Waals surface area contributed by atoms with Crippen molar-refractivity contribution in [1.29, 1.82) is 0 Å². The first-order valence-corrected chi connectivity index (χ1v) is 8.80. The molecular formula is C21H15N3O5. The second-order valence-corrected chi connectivity index (χ2v) is 6.38. The van der Waals surface area contributed by atoms with E-state index in [2.05, 4.69) is 4.98 Å². The number of benzene rings is 2. The Morgan fingerprint density at radius 2 is 1.52 bits per heavy atom. The third-order valence-corrected chi connectivity index (χ3v) is 4.63. The quantitative estimate of drug-likeness (QED) is 0.364. The van der Waals surface area contributed by atoms with Crippen LogP contribution in [0.3, 0.4) is 0 Å². The molecule has 29 heavy (non-hydrogen) atoms. The van der Waals surface area contributed by atoms with Crippen molar-refractivity contribution in [2.24, 2.45) is 0 Å². The first-order valence-electron chi connectivity index (χ1n) is 8.80. The van der Waals surface area contributed by atoms with Crippen LogP contribution in [0.25, 0.3) is 0 Å². The Labute approximate surface area is 165 Å². The Hall–Kier alpha value is -4.07. The molecular weight excluding hydrogens is 374 g/mol. The summed E-state index contributed by atoms with van der Waals surface area (Å²) in [6.07, 6.45) is 1.32. The van der Waals surface area contributed by atoms with Gasteiger partial charge in [0.2, 0.25) is 5.75 Å². The number of carbonyl (C=O) groups excluding carboxylic acids is 2. The highest BCUT2D eigenvalue weighted by molar-refractivity contribution is 6.21. The fourth-order valence-electron chi connectivity index (χ4n) is 3.19. The van der Waals surface area contributed by atoms with E-state index in [9.17, 15) is 19.7 Å². The molecule has 8 nitrogen and oxygen atoms in total. The van der Waals surface area contributed by atoms with E-state index in [1.165, 1.54) is 17.2 Å². The van der Waals surface area contributed by atoms with Gasteiger partial charge < -0.3 is 14.9 Å². The van der Waals surface area contributed by atoms with Gasteiger partial charge >= 0.3 is 5.82 Å². The van der Waals surface area contributed by atoms with E-state index in [4.69, 9.17) is 4.74 Å². The third kappa shape index (κ3) is 3.43. The van der Waals surface area contributed by atoms with Crippen LogP contribution in [0.2, 0.25) is 0 Å². The smallest absolute Gasteiger partial charge is 0.406 e. The number of aromatic nitrogens is 1. The van der Waals surface area contributed by atoms with Crippen LogP contribution in [-0.4, -0.2) is 26.6 Å². The lowest BCUT2D eigenvalue weighted by atomic mass is 10.1. The Morgan fingerprint density at radius 1 is 0.897 bits per heavy atom. The van der Waals surface area contributed by atoms with E-state index in [-0.39, 0.29) is 36.5 Å². The average Bonchev–Trinajstić information content (AvgIpc) is 2.98. The lowest BCUT2D eigenvalue weighted by molar-refractivity contribution is -0.390. The molecule has 144 valence electrons. The highest BCUT2D eigenvalue weighted by Gasteiger charge is 2.35. The van der Waals surface area contributed by atoms with Gasteiger partial charge in [0, 0.05) is 0 Å². The molecule has 0 bridgehead atoms. The lowest BCUT2D eigenvalue weighted by Gasteiger charge is -2.17. The summed E-state index contributed by atoms with van der Waals surface area (Å²) in [5.74, 6) is -1.01. The van der Waals surface area contributed by atoms with Crippen LogP contribution < -0.4 is 4.74 Å². The number of imide groups is 1. The third-order valence-electron chi connectivity index (χ3n) is 4.63. The summed E-state index contributed by atoms with van der Waals surface area (Å²) >= 11 is 0. The zero-order chi connectivity index (χ0) is 20.4. The predicted octanol–water partition coefficient (Wildman–Crippen LogP) is 3.37. The molecule has 2 heterocycles. The Balaban J connectivity index is 1.55. The standard InChI is InChI=1S/C21H15N3O5/c25-20-16-8-3-4-9-17(16)21(26)23(20)12-14-6-1-2-7-15(14)13-29-18-10-5-11-22-19(18)24(27)28/h1-11H,12-13H2. The number of hydrogen-bond acceptors (Lipinski definition) is 6. The minimum atomic E-state index is -0.611. The molecule has 0 spiro atoms. The molecule has 0 radical (unpaired) electrons. The minimum absolute atomic E-state index is 0.0336. The van der Waals surface area contributed by atoms with Gasteiger partial charge in [-0.3, -0.25) is 14.5 Å². The maximum Gasteiger partial charge on any atom is 0.406 e. The van der Waals surface area contributed by atoms with Crippen LogP contribution in [0, 0.1) is 10.1 Å². The van der Waals surface area contributed by atoms with Crippen molar-refractivity contribution in [3.63, 3.8) is 0 Å². The summed E-state index contributed by atoms with van der Waals surface area (Å²) in [6.45, 7) is 0.118. The minimum Gasteiger partial charge on any atom is -0.481 e. The van der Waals surface area contributed by atoms with Crippen LogP contribution in [0.15, 0.2) is 66.9 Å². The van der Waals surface area contributed by atoms with E-state index >= 15 is 0 Å². The summed E-state index contributed by atoms with van der Waals surface area (Å²) < 4.78 is 5.61. The molecule has 3 aromatic rings. The first kappa shape index (κ1) is 18.3. The summed E-state index contributed by atoms with van der Waals surface area (Å²) in [6, 6.07) is 16.9. The molecule has 2 amide bonds. The molecule has 4 rings (SSSR count). The van der Waals surface area contributed by atoms with Crippen LogP contribution in [0.5, 0.6) is 5.75 Å². The number of nitrogens with zero attached hydrogens (tertiary/aromatic N) is 3. The molecule has 0 N–H and O–H groups in total. The number of nitro groups is 1. The highest BCUT2D eigenvalue weighted by atomic mass is 16.6. The number of pyridine rings is 1. The topological polar surface area (TPSA) is 103 Å². The van der Waals surface area contributed by atoms with Gasteiger partial charge in [-0.2, -0.15) is 0 Å². The number of hydrogen-bond donors (Lipinski definition) is 0. The van der Waals surface area contributed by atoms with Crippen LogP contribution >= 0.6 is 0 Å². The fraction of sp³-hybridized carbons (Fsp3) is 0.0952. The normalized spacial score (nSPS) is 12.8. The maximum absolute atomic E-state index is 12.6. The Morgan fingerprint density at radius 3 is 2.17 bits per heavy atom. The van der Waals surface area contributed by atoms with Gasteiger partial charge in [0.05, 0.1) is 17.7 Å². The van der Waals surface area contributed by atoms with Gasteiger partial charge in [0.15, 0.2) is 0 Å². The van der Waals surface area contributed by atoms with Crippen molar-refractivity contribution in [3.8, 4) is 5.75 Å². The van der Waals surface area contributed by atoms with E-state index < -0.39 is 4.92 Å². The number of fused-ring (bicyclic) bond motifs is 1. The van der Waals surface area contributed by atoms with Gasteiger partial charge in [0.25, 0.3) is 11.8 Å². The molecule has 2 aromatic carbocycles. The van der Waals surface area contributed by atoms with Crippen LogP contribution in [0.4, 0.5) is 5.82 Å². The summed E-state index contributed by atoms with van der Waals surface area (Å²) in [5.41, 5.74) is 2.20. The van der Waals surface area contributed by atoms with Gasteiger partial charge in [-0.15, -0.1) is 0 Å². The largest absolute Gasteiger partial charge is 0.481 e. The van der Waals surface area contributed by atoms with E-state index in [0.29, 0.717) is 22.3 Å². The SMILES string of the molecule is O=C1c2ccccc2C(=O)N1Cc1ccccc1COc1cccnc1[N+](=O)[O-]. The maximum atomic E-state index is 12.6. The highest BCUT2D eigenvalue weighted by Crippen LogP contribution is 2.27. The molecule has 0 fully saturated rings. The summed E-state index contributed by atoms with van der Waals surface area (Å²) in [5, 5.41) is 11.1. The molecule has 0 saturated carbocycles.